The monoisotopic (exact) mass is 400 g/mol. The van der Waals surface area contributed by atoms with E-state index in [0.717, 1.165) is 0 Å². The molecule has 1 N–H and O–H groups in total. The Morgan fingerprint density at radius 3 is 2.34 bits per heavy atom. The third-order valence-electron chi connectivity index (χ3n) is 5.22. The van der Waals surface area contributed by atoms with Gasteiger partial charge in [-0.15, -0.1) is 0 Å². The summed E-state index contributed by atoms with van der Waals surface area (Å²) in [4.78, 5) is 16.7. The lowest BCUT2D eigenvalue weighted by atomic mass is 10.0. The Kier molecular flexibility index (Phi) is 7.23. The molecule has 1 atom stereocenters. The molecule has 0 spiro atoms. The summed E-state index contributed by atoms with van der Waals surface area (Å²) in [5.41, 5.74) is 1.93. The largest absolute Gasteiger partial charge is 0.488 e. The number of aliphatic hydroxyl groups excluding tert-OH is 1. The molecule has 0 aromatic heterocycles. The van der Waals surface area contributed by atoms with E-state index in [2.05, 4.69) is 18.7 Å². The smallest absolute Gasteiger partial charge is 0.253 e. The van der Waals surface area contributed by atoms with E-state index in [1.807, 2.05) is 29.2 Å². The number of nitrogens with zero attached hydrogens (tertiary/aromatic N) is 2. The molecule has 1 unspecified atom stereocenters. The number of hydrogen-bond acceptors (Lipinski definition) is 4. The zero-order chi connectivity index (χ0) is 20.8. The van der Waals surface area contributed by atoms with Crippen LogP contribution in [0.25, 0.3) is 0 Å². The molecule has 6 heteroatoms. The first kappa shape index (κ1) is 21.3. The van der Waals surface area contributed by atoms with Gasteiger partial charge in [-0.2, -0.15) is 0 Å². The summed E-state index contributed by atoms with van der Waals surface area (Å²) in [6.07, 6.45) is -0.722. The van der Waals surface area contributed by atoms with Crippen LogP contribution in [-0.4, -0.2) is 66.2 Å². The highest BCUT2D eigenvalue weighted by molar-refractivity contribution is 5.94. The van der Waals surface area contributed by atoms with E-state index in [0.29, 0.717) is 44.2 Å². The van der Waals surface area contributed by atoms with Crippen LogP contribution in [-0.2, 0) is 0 Å². The quantitative estimate of drug-likeness (QED) is 0.776. The summed E-state index contributed by atoms with van der Waals surface area (Å²) in [7, 11) is 0. The van der Waals surface area contributed by atoms with Crippen LogP contribution in [0.4, 0.5) is 4.39 Å². The van der Waals surface area contributed by atoms with Crippen LogP contribution in [0.15, 0.2) is 48.5 Å². The molecule has 0 aliphatic carbocycles. The van der Waals surface area contributed by atoms with Gasteiger partial charge in [0.25, 0.3) is 5.91 Å². The highest BCUT2D eigenvalue weighted by Gasteiger charge is 2.23. The van der Waals surface area contributed by atoms with Gasteiger partial charge in [-0.05, 0) is 35.7 Å². The molecule has 3 rings (SSSR count). The number of piperazine rings is 1. The fourth-order valence-corrected chi connectivity index (χ4v) is 3.43. The first-order chi connectivity index (χ1) is 13.9. The van der Waals surface area contributed by atoms with E-state index in [9.17, 15) is 14.3 Å². The Balaban J connectivity index is 1.43. The second kappa shape index (κ2) is 9.85. The number of aliphatic hydroxyl groups is 1. The number of amides is 1. The zero-order valence-electron chi connectivity index (χ0n) is 17.1. The predicted octanol–water partition coefficient (Wildman–Crippen LogP) is 3.15. The summed E-state index contributed by atoms with van der Waals surface area (Å²) in [5.74, 6) is 0.193. The number of benzene rings is 2. The maximum Gasteiger partial charge on any atom is 0.253 e. The molecular formula is C23H29FN2O3. The molecule has 0 saturated carbocycles. The van der Waals surface area contributed by atoms with Gasteiger partial charge >= 0.3 is 0 Å². The summed E-state index contributed by atoms with van der Waals surface area (Å²) >= 11 is 0. The van der Waals surface area contributed by atoms with Crippen molar-refractivity contribution in [3.63, 3.8) is 0 Å². The van der Waals surface area contributed by atoms with Crippen molar-refractivity contribution in [2.24, 2.45) is 0 Å². The van der Waals surface area contributed by atoms with Gasteiger partial charge in [0.05, 0.1) is 0 Å². The molecule has 29 heavy (non-hydrogen) atoms. The minimum Gasteiger partial charge on any atom is -0.488 e. The Labute approximate surface area is 171 Å². The molecule has 1 amide bonds. The summed E-state index contributed by atoms with van der Waals surface area (Å²) in [6.45, 7) is 7.33. The number of β-amino-alcohol motifs (C(OH)–C–C–N with tert-alkyl or cyclic N) is 1. The summed E-state index contributed by atoms with van der Waals surface area (Å²) in [5, 5.41) is 10.2. The standard InChI is InChI=1S/C23H29FN2O3/c1-17(2)18-7-9-19(10-8-18)23(28)26-13-11-25(12-14-26)15-20(27)16-29-22-6-4-3-5-21(22)24/h3-10,17,20,27H,11-16H2,1-2H3. The molecule has 2 aromatic rings. The minimum atomic E-state index is -0.722. The minimum absolute atomic E-state index is 0.0300. The number of carbonyl (C=O) groups is 1. The molecule has 0 radical (unpaired) electrons. The third-order valence-corrected chi connectivity index (χ3v) is 5.22. The Morgan fingerprint density at radius 1 is 1.07 bits per heavy atom. The van der Waals surface area contributed by atoms with Gasteiger partial charge in [-0.25, -0.2) is 4.39 Å². The van der Waals surface area contributed by atoms with Crippen LogP contribution >= 0.6 is 0 Å². The second-order valence-electron chi connectivity index (χ2n) is 7.76. The molecule has 156 valence electrons. The number of hydrogen-bond donors (Lipinski definition) is 1. The molecule has 2 aromatic carbocycles. The van der Waals surface area contributed by atoms with Crippen molar-refractivity contribution in [1.29, 1.82) is 0 Å². The Bertz CT molecular complexity index is 802. The molecule has 1 aliphatic rings. The average molecular weight is 400 g/mol. The third kappa shape index (κ3) is 5.78. The maximum absolute atomic E-state index is 13.6. The number of rotatable bonds is 7. The predicted molar refractivity (Wildman–Crippen MR) is 111 cm³/mol. The first-order valence-electron chi connectivity index (χ1n) is 10.1. The van der Waals surface area contributed by atoms with Crippen LogP contribution in [0.1, 0.15) is 35.7 Å². The van der Waals surface area contributed by atoms with Gasteiger partial charge in [-0.3, -0.25) is 9.69 Å². The van der Waals surface area contributed by atoms with Gasteiger partial charge < -0.3 is 14.7 Å². The average Bonchev–Trinajstić information content (AvgIpc) is 2.73. The molecule has 1 aliphatic heterocycles. The van der Waals surface area contributed by atoms with Crippen molar-refractivity contribution >= 4 is 5.91 Å². The zero-order valence-corrected chi connectivity index (χ0v) is 17.1. The lowest BCUT2D eigenvalue weighted by Crippen LogP contribution is -2.51. The molecule has 5 nitrogen and oxygen atoms in total. The number of para-hydroxylation sites is 1. The van der Waals surface area contributed by atoms with E-state index >= 15 is 0 Å². The van der Waals surface area contributed by atoms with E-state index in [1.165, 1.54) is 11.6 Å². The van der Waals surface area contributed by atoms with Crippen LogP contribution in [0.2, 0.25) is 0 Å². The van der Waals surface area contributed by atoms with Crippen LogP contribution in [0.5, 0.6) is 5.75 Å². The van der Waals surface area contributed by atoms with E-state index < -0.39 is 11.9 Å². The van der Waals surface area contributed by atoms with Gasteiger partial charge in [0, 0.05) is 38.3 Å². The SMILES string of the molecule is CC(C)c1ccc(C(=O)N2CCN(CC(O)COc3ccccc3F)CC2)cc1. The normalized spacial score (nSPS) is 16.1. The molecule has 0 bridgehead atoms. The van der Waals surface area contributed by atoms with Crippen molar-refractivity contribution in [1.82, 2.24) is 9.80 Å². The van der Waals surface area contributed by atoms with Crippen molar-refractivity contribution in [3.05, 3.63) is 65.5 Å². The first-order valence-corrected chi connectivity index (χ1v) is 10.1. The van der Waals surface area contributed by atoms with Crippen LogP contribution in [0, 0.1) is 5.82 Å². The molecule has 1 saturated heterocycles. The van der Waals surface area contributed by atoms with Crippen molar-refractivity contribution in [2.45, 2.75) is 25.9 Å². The van der Waals surface area contributed by atoms with E-state index in [-0.39, 0.29) is 18.3 Å². The second-order valence-corrected chi connectivity index (χ2v) is 7.76. The lowest BCUT2D eigenvalue weighted by Gasteiger charge is -2.35. The fourth-order valence-electron chi connectivity index (χ4n) is 3.43. The maximum atomic E-state index is 13.6. The van der Waals surface area contributed by atoms with Crippen molar-refractivity contribution < 1.29 is 19.0 Å². The number of carbonyl (C=O) groups excluding carboxylic acids is 1. The van der Waals surface area contributed by atoms with E-state index in [1.54, 1.807) is 18.2 Å². The van der Waals surface area contributed by atoms with Gasteiger partial charge in [0.1, 0.15) is 12.7 Å². The topological polar surface area (TPSA) is 53.0 Å². The van der Waals surface area contributed by atoms with Gasteiger partial charge in [-0.1, -0.05) is 38.1 Å². The van der Waals surface area contributed by atoms with Crippen molar-refractivity contribution in [2.75, 3.05) is 39.3 Å². The molecule has 1 heterocycles. The Hall–Kier alpha value is -2.44. The highest BCUT2D eigenvalue weighted by Crippen LogP contribution is 2.17. The van der Waals surface area contributed by atoms with E-state index in [4.69, 9.17) is 4.74 Å². The fraction of sp³-hybridized carbons (Fsp3) is 0.435. The highest BCUT2D eigenvalue weighted by atomic mass is 19.1. The van der Waals surface area contributed by atoms with Crippen LogP contribution < -0.4 is 4.74 Å². The van der Waals surface area contributed by atoms with Gasteiger partial charge in [0.2, 0.25) is 0 Å². The number of halogens is 1. The lowest BCUT2D eigenvalue weighted by molar-refractivity contribution is 0.0398. The summed E-state index contributed by atoms with van der Waals surface area (Å²) in [6, 6.07) is 14.0. The Morgan fingerprint density at radius 2 is 1.72 bits per heavy atom. The van der Waals surface area contributed by atoms with Crippen LogP contribution in [0.3, 0.4) is 0 Å². The molecule has 1 fully saturated rings. The van der Waals surface area contributed by atoms with Crippen molar-refractivity contribution in [3.8, 4) is 5.75 Å². The molecular weight excluding hydrogens is 371 g/mol. The summed E-state index contributed by atoms with van der Waals surface area (Å²) < 4.78 is 18.9. The number of ether oxygens (including phenoxy) is 1. The van der Waals surface area contributed by atoms with Gasteiger partial charge in [0.15, 0.2) is 11.6 Å².